The lowest BCUT2D eigenvalue weighted by atomic mass is 9.93. The Labute approximate surface area is 387 Å². The van der Waals surface area contributed by atoms with E-state index in [0.29, 0.717) is 0 Å². The van der Waals surface area contributed by atoms with Crippen LogP contribution in [0.3, 0.4) is 0 Å². The normalized spacial score (nSPS) is 11.0. The third-order valence-corrected chi connectivity index (χ3v) is 12.1. The molecule has 0 unspecified atom stereocenters. The SMILES string of the molecule is Cc1c(N(c2ccccc2)c2ccnc(-c3ccccc3)c2)c(C)c(N(c2ccccc2)c2ccnc(-c3ccccc3)c2)c(C)c1N(c1ccccc1)c1ccnc(-c2ccccc2)c1. The number of aromatic nitrogens is 3. The van der Waals surface area contributed by atoms with Crippen molar-refractivity contribution < 1.29 is 0 Å². The van der Waals surface area contributed by atoms with Crippen molar-refractivity contribution in [1.29, 1.82) is 0 Å². The summed E-state index contributed by atoms with van der Waals surface area (Å²) in [4.78, 5) is 21.9. The molecular formula is C60H48N6. The fourth-order valence-electron chi connectivity index (χ4n) is 9.12. The average molecular weight is 853 g/mol. The van der Waals surface area contributed by atoms with Crippen LogP contribution in [0.1, 0.15) is 16.7 Å². The number of pyridine rings is 3. The Morgan fingerprint density at radius 3 is 0.727 bits per heavy atom. The molecule has 0 aliphatic heterocycles. The monoisotopic (exact) mass is 852 g/mol. The summed E-state index contributed by atoms with van der Waals surface area (Å²) in [5, 5.41) is 0. The van der Waals surface area contributed by atoms with E-state index in [1.807, 2.05) is 36.8 Å². The molecule has 6 heteroatoms. The van der Waals surface area contributed by atoms with Crippen LogP contribution in [0.4, 0.5) is 51.2 Å². The predicted molar refractivity (Wildman–Crippen MR) is 274 cm³/mol. The van der Waals surface area contributed by atoms with Crippen molar-refractivity contribution >= 4 is 51.2 Å². The first-order valence-electron chi connectivity index (χ1n) is 22.3. The first-order valence-corrected chi connectivity index (χ1v) is 22.3. The van der Waals surface area contributed by atoms with E-state index < -0.39 is 0 Å². The lowest BCUT2D eigenvalue weighted by Gasteiger charge is -2.38. The fraction of sp³-hybridized carbons (Fsp3) is 0.0500. The van der Waals surface area contributed by atoms with E-state index in [1.165, 1.54) is 0 Å². The van der Waals surface area contributed by atoms with E-state index in [2.05, 4.69) is 236 Å². The second-order valence-electron chi connectivity index (χ2n) is 16.2. The molecule has 10 rings (SSSR count). The Kier molecular flexibility index (Phi) is 11.7. The second kappa shape index (κ2) is 18.6. The lowest BCUT2D eigenvalue weighted by molar-refractivity contribution is 1.13. The number of anilines is 9. The molecule has 6 nitrogen and oxygen atoms in total. The number of rotatable bonds is 12. The van der Waals surface area contributed by atoms with Crippen LogP contribution < -0.4 is 14.7 Å². The molecule has 0 amide bonds. The lowest BCUT2D eigenvalue weighted by Crippen LogP contribution is -2.22. The van der Waals surface area contributed by atoms with Crippen molar-refractivity contribution in [3.8, 4) is 33.8 Å². The van der Waals surface area contributed by atoms with Crippen molar-refractivity contribution in [3.05, 3.63) is 254 Å². The van der Waals surface area contributed by atoms with E-state index in [4.69, 9.17) is 15.0 Å². The minimum Gasteiger partial charge on any atom is -0.310 e. The Balaban J connectivity index is 1.31. The molecule has 0 radical (unpaired) electrons. The minimum absolute atomic E-state index is 0.893. The van der Waals surface area contributed by atoms with Gasteiger partial charge in [-0.25, -0.2) is 0 Å². The molecule has 0 fully saturated rings. The van der Waals surface area contributed by atoms with Gasteiger partial charge < -0.3 is 14.7 Å². The Morgan fingerprint density at radius 2 is 0.485 bits per heavy atom. The van der Waals surface area contributed by atoms with Crippen LogP contribution in [0.5, 0.6) is 0 Å². The Hall–Kier alpha value is -8.61. The second-order valence-corrected chi connectivity index (χ2v) is 16.2. The van der Waals surface area contributed by atoms with Crippen molar-refractivity contribution in [1.82, 2.24) is 15.0 Å². The third kappa shape index (κ3) is 8.20. The standard InChI is InChI=1S/C60H48N6/c1-43-58(64(49-28-16-7-17-29-49)52-34-37-61-55(40-52)46-22-10-4-11-23-46)44(2)60(66(51-32-20-9-21-33-51)54-36-39-63-57(42-54)48-26-14-6-15-27-48)45(3)59(43)65(50-30-18-8-19-31-50)53-35-38-62-56(41-53)47-24-12-5-13-25-47/h4-42H,1-3H3. The van der Waals surface area contributed by atoms with E-state index >= 15 is 0 Å². The molecular weight excluding hydrogens is 805 g/mol. The van der Waals surface area contributed by atoms with Gasteiger partial charge >= 0.3 is 0 Å². The highest BCUT2D eigenvalue weighted by Crippen LogP contribution is 2.53. The summed E-state index contributed by atoms with van der Waals surface area (Å²) in [5.41, 5.74) is 18.4. The van der Waals surface area contributed by atoms with Gasteiger partial charge in [-0.2, -0.15) is 0 Å². The molecule has 0 aliphatic rings. The van der Waals surface area contributed by atoms with Crippen LogP contribution in [-0.4, -0.2) is 15.0 Å². The topological polar surface area (TPSA) is 48.4 Å². The summed E-state index contributed by atoms with van der Waals surface area (Å²) in [6.07, 6.45) is 5.76. The van der Waals surface area contributed by atoms with Gasteiger partial charge in [0, 0.05) is 69.4 Å². The van der Waals surface area contributed by atoms with Crippen LogP contribution >= 0.6 is 0 Å². The van der Waals surface area contributed by atoms with Gasteiger partial charge in [-0.1, -0.05) is 146 Å². The fourth-order valence-corrected chi connectivity index (χ4v) is 9.12. The summed E-state index contributed by atoms with van der Waals surface area (Å²) >= 11 is 0. The van der Waals surface area contributed by atoms with E-state index in [9.17, 15) is 0 Å². The smallest absolute Gasteiger partial charge is 0.0722 e. The molecule has 0 saturated heterocycles. The molecule has 0 aliphatic carbocycles. The highest BCUT2D eigenvalue weighted by Gasteiger charge is 2.31. The Morgan fingerprint density at radius 1 is 0.258 bits per heavy atom. The summed E-state index contributed by atoms with van der Waals surface area (Å²) in [5.74, 6) is 0. The molecule has 0 saturated carbocycles. The molecule has 7 aromatic carbocycles. The maximum Gasteiger partial charge on any atom is 0.0722 e. The van der Waals surface area contributed by atoms with Crippen LogP contribution in [-0.2, 0) is 0 Å². The quantitative estimate of drug-likeness (QED) is 0.122. The number of benzene rings is 7. The molecule has 66 heavy (non-hydrogen) atoms. The van der Waals surface area contributed by atoms with Gasteiger partial charge in [0.2, 0.25) is 0 Å². The van der Waals surface area contributed by atoms with Crippen molar-refractivity contribution in [3.63, 3.8) is 0 Å². The molecule has 10 aromatic rings. The van der Waals surface area contributed by atoms with E-state index in [0.717, 1.165) is 102 Å². The van der Waals surface area contributed by atoms with Gasteiger partial charge in [-0.3, -0.25) is 15.0 Å². The molecule has 0 bridgehead atoms. The van der Waals surface area contributed by atoms with Gasteiger partial charge in [-0.05, 0) is 110 Å². The van der Waals surface area contributed by atoms with Crippen LogP contribution in [0, 0.1) is 20.8 Å². The van der Waals surface area contributed by atoms with Gasteiger partial charge in [0.1, 0.15) is 0 Å². The maximum absolute atomic E-state index is 4.90. The van der Waals surface area contributed by atoms with Gasteiger partial charge in [-0.15, -0.1) is 0 Å². The number of hydrogen-bond acceptors (Lipinski definition) is 6. The van der Waals surface area contributed by atoms with E-state index in [1.54, 1.807) is 0 Å². The zero-order chi connectivity index (χ0) is 44.8. The van der Waals surface area contributed by atoms with Gasteiger partial charge in [0.05, 0.1) is 34.1 Å². The molecule has 0 atom stereocenters. The third-order valence-electron chi connectivity index (χ3n) is 12.1. The minimum atomic E-state index is 0.893. The van der Waals surface area contributed by atoms with E-state index in [-0.39, 0.29) is 0 Å². The maximum atomic E-state index is 4.90. The Bertz CT molecular complexity index is 2850. The van der Waals surface area contributed by atoms with Gasteiger partial charge in [0.15, 0.2) is 0 Å². The zero-order valence-corrected chi connectivity index (χ0v) is 37.2. The summed E-state index contributed by atoms with van der Waals surface area (Å²) in [6.45, 7) is 6.81. The largest absolute Gasteiger partial charge is 0.310 e. The predicted octanol–water partition coefficient (Wildman–Crippen LogP) is 16.2. The van der Waals surface area contributed by atoms with Crippen LogP contribution in [0.2, 0.25) is 0 Å². The van der Waals surface area contributed by atoms with Crippen molar-refractivity contribution in [2.75, 3.05) is 14.7 Å². The molecule has 3 aromatic heterocycles. The zero-order valence-electron chi connectivity index (χ0n) is 37.2. The molecule has 0 spiro atoms. The van der Waals surface area contributed by atoms with Crippen molar-refractivity contribution in [2.24, 2.45) is 0 Å². The molecule has 0 N–H and O–H groups in total. The number of hydrogen-bond donors (Lipinski definition) is 0. The number of nitrogens with zero attached hydrogens (tertiary/aromatic N) is 6. The van der Waals surface area contributed by atoms with Crippen molar-refractivity contribution in [2.45, 2.75) is 20.8 Å². The summed E-state index contributed by atoms with van der Waals surface area (Å²) in [7, 11) is 0. The highest BCUT2D eigenvalue weighted by atomic mass is 15.2. The van der Waals surface area contributed by atoms with Crippen LogP contribution in [0.25, 0.3) is 33.8 Å². The molecule has 318 valence electrons. The first-order chi connectivity index (χ1) is 32.5. The summed E-state index contributed by atoms with van der Waals surface area (Å²) in [6, 6.07) is 76.2. The van der Waals surface area contributed by atoms with Crippen LogP contribution in [0.15, 0.2) is 237 Å². The average Bonchev–Trinajstić information content (AvgIpc) is 3.39. The van der Waals surface area contributed by atoms with Gasteiger partial charge in [0.25, 0.3) is 0 Å². The summed E-state index contributed by atoms with van der Waals surface area (Å²) < 4.78 is 0. The number of para-hydroxylation sites is 3. The molecule has 3 heterocycles. The highest BCUT2D eigenvalue weighted by molar-refractivity contribution is 5.97. The first kappa shape index (κ1) is 41.4.